The van der Waals surface area contributed by atoms with E-state index in [2.05, 4.69) is 4.98 Å². The molecule has 3 aromatic rings. The predicted octanol–water partition coefficient (Wildman–Crippen LogP) is 3.81. The van der Waals surface area contributed by atoms with Gasteiger partial charge in [-0.15, -0.1) is 0 Å². The largest absolute Gasteiger partial charge is 0.507 e. The minimum Gasteiger partial charge on any atom is -0.507 e. The van der Waals surface area contributed by atoms with E-state index in [4.69, 9.17) is 16.0 Å². The van der Waals surface area contributed by atoms with Gasteiger partial charge in [0.1, 0.15) is 11.3 Å². The van der Waals surface area contributed by atoms with Gasteiger partial charge in [-0.25, -0.2) is 9.78 Å². The minimum atomic E-state index is -0.748. The van der Waals surface area contributed by atoms with Gasteiger partial charge in [0.25, 0.3) is 5.69 Å². The lowest BCUT2D eigenvalue weighted by molar-refractivity contribution is -0.384. The number of nitro benzene ring substituents is 1. The number of halogens is 1. The van der Waals surface area contributed by atoms with Crippen LogP contribution in [0.15, 0.2) is 51.7 Å². The van der Waals surface area contributed by atoms with E-state index in [1.54, 1.807) is 6.07 Å². The van der Waals surface area contributed by atoms with Crippen LogP contribution in [0.3, 0.4) is 0 Å². The molecule has 1 aromatic heterocycles. The number of aliphatic hydroxyl groups is 1. The van der Waals surface area contributed by atoms with E-state index in [1.165, 1.54) is 36.4 Å². The van der Waals surface area contributed by atoms with Crippen LogP contribution in [0.1, 0.15) is 11.3 Å². The molecule has 0 aliphatic heterocycles. The van der Waals surface area contributed by atoms with Crippen LogP contribution in [0.25, 0.3) is 22.9 Å². The van der Waals surface area contributed by atoms with Gasteiger partial charge in [0.05, 0.1) is 4.92 Å². The van der Waals surface area contributed by atoms with Crippen molar-refractivity contribution in [1.29, 1.82) is 0 Å². The van der Waals surface area contributed by atoms with Crippen LogP contribution >= 0.6 is 11.6 Å². The number of hydrogen-bond acceptors (Lipinski definition) is 6. The summed E-state index contributed by atoms with van der Waals surface area (Å²) in [6.07, 6.45) is 1.09. The van der Waals surface area contributed by atoms with E-state index >= 15 is 0 Å². The Bertz CT molecular complexity index is 1040. The summed E-state index contributed by atoms with van der Waals surface area (Å²) in [6, 6.07) is 9.96. The number of fused-ring (bicyclic) bond motifs is 1. The van der Waals surface area contributed by atoms with Gasteiger partial charge in [-0.1, -0.05) is 23.7 Å². The summed E-state index contributed by atoms with van der Waals surface area (Å²) in [5.74, 6) is -0.347. The Morgan fingerprint density at radius 2 is 2.08 bits per heavy atom. The predicted molar refractivity (Wildman–Crippen MR) is 88.9 cm³/mol. The van der Waals surface area contributed by atoms with E-state index < -0.39 is 10.5 Å². The third kappa shape index (κ3) is 3.11. The van der Waals surface area contributed by atoms with Gasteiger partial charge in [-0.2, -0.15) is 0 Å². The molecule has 0 unspecified atom stereocenters. The number of rotatable bonds is 3. The van der Waals surface area contributed by atoms with Crippen LogP contribution < -0.4 is 5.63 Å². The van der Waals surface area contributed by atoms with Gasteiger partial charge in [0.2, 0.25) is 0 Å². The minimum absolute atomic E-state index is 0.145. The van der Waals surface area contributed by atoms with Crippen molar-refractivity contribution in [3.8, 4) is 0 Å². The molecule has 8 heteroatoms. The van der Waals surface area contributed by atoms with E-state index in [0.717, 1.165) is 6.08 Å². The molecule has 0 saturated carbocycles. The first-order valence-electron chi connectivity index (χ1n) is 6.70. The summed E-state index contributed by atoms with van der Waals surface area (Å²) in [6.45, 7) is 0. The second-order valence-electron chi connectivity index (χ2n) is 4.84. The Hall–Kier alpha value is -3.19. The van der Waals surface area contributed by atoms with Gasteiger partial charge >= 0.3 is 5.63 Å². The summed E-state index contributed by atoms with van der Waals surface area (Å²) in [4.78, 5) is 26.2. The Morgan fingerprint density at radius 3 is 2.83 bits per heavy atom. The Balaban J connectivity index is 2.08. The quantitative estimate of drug-likeness (QED) is 0.440. The number of aliphatic hydroxyl groups excluding tert-OH is 1. The van der Waals surface area contributed by atoms with Gasteiger partial charge in [0, 0.05) is 28.8 Å². The number of benzene rings is 2. The van der Waals surface area contributed by atoms with Crippen LogP contribution in [-0.2, 0) is 0 Å². The average molecular weight is 345 g/mol. The molecule has 0 atom stereocenters. The van der Waals surface area contributed by atoms with E-state index in [-0.39, 0.29) is 28.3 Å². The summed E-state index contributed by atoms with van der Waals surface area (Å²) in [5, 5.41) is 21.3. The number of nitrogens with zero attached hydrogens (tertiary/aromatic N) is 2. The highest BCUT2D eigenvalue weighted by molar-refractivity contribution is 6.31. The molecule has 0 aliphatic rings. The van der Waals surface area contributed by atoms with Crippen molar-refractivity contribution in [2.45, 2.75) is 0 Å². The summed E-state index contributed by atoms with van der Waals surface area (Å²) in [5.41, 5.74) is -0.290. The highest BCUT2D eigenvalue weighted by atomic mass is 35.5. The fourth-order valence-corrected chi connectivity index (χ4v) is 2.24. The Morgan fingerprint density at radius 1 is 1.29 bits per heavy atom. The Kier molecular flexibility index (Phi) is 4.01. The molecule has 0 spiro atoms. The molecule has 0 bridgehead atoms. The van der Waals surface area contributed by atoms with Crippen molar-refractivity contribution in [3.05, 3.63) is 79.3 Å². The smallest absolute Gasteiger partial charge is 0.362 e. The molecule has 2 aromatic carbocycles. The van der Waals surface area contributed by atoms with Gasteiger partial charge < -0.3 is 9.52 Å². The molecular weight excluding hydrogens is 336 g/mol. The monoisotopic (exact) mass is 344 g/mol. The molecule has 3 rings (SSSR count). The van der Waals surface area contributed by atoms with E-state index in [9.17, 15) is 20.0 Å². The topological polar surface area (TPSA) is 106 Å². The fraction of sp³-hybridized carbons (Fsp3) is 0. The molecule has 0 amide bonds. The molecule has 1 N–H and O–H groups in total. The van der Waals surface area contributed by atoms with Crippen molar-refractivity contribution < 1.29 is 14.4 Å². The molecule has 0 saturated heterocycles. The molecule has 0 aliphatic carbocycles. The zero-order valence-corrected chi connectivity index (χ0v) is 12.7. The maximum atomic E-state index is 11.9. The summed E-state index contributed by atoms with van der Waals surface area (Å²) >= 11 is 5.87. The first-order chi connectivity index (χ1) is 11.4. The lowest BCUT2D eigenvalue weighted by Gasteiger charge is -2.01. The van der Waals surface area contributed by atoms with E-state index in [1.807, 2.05) is 0 Å². The molecule has 120 valence electrons. The van der Waals surface area contributed by atoms with Gasteiger partial charge in [-0.3, -0.25) is 10.1 Å². The molecule has 0 radical (unpaired) electrons. The van der Waals surface area contributed by atoms with Crippen molar-refractivity contribution in [3.63, 3.8) is 0 Å². The van der Waals surface area contributed by atoms with Crippen LogP contribution in [0, 0.1) is 10.1 Å². The first kappa shape index (κ1) is 15.7. The number of nitro groups is 1. The standard InChI is InChI=1S/C16H9ClN2O5/c17-10-4-5-15-12(7-10)18-13(16(21)24-15)8-14(20)9-2-1-3-11(6-9)19(22)23/h1-8,20H/b14-8-. The first-order valence-corrected chi connectivity index (χ1v) is 7.08. The highest BCUT2D eigenvalue weighted by Crippen LogP contribution is 2.21. The molecule has 0 fully saturated rings. The average Bonchev–Trinajstić information content (AvgIpc) is 2.56. The molecule has 24 heavy (non-hydrogen) atoms. The van der Waals surface area contributed by atoms with Gasteiger partial charge in [-0.05, 0) is 18.2 Å². The van der Waals surface area contributed by atoms with Crippen molar-refractivity contribution in [1.82, 2.24) is 4.98 Å². The fourth-order valence-electron chi connectivity index (χ4n) is 2.07. The second kappa shape index (κ2) is 6.13. The number of hydrogen-bond donors (Lipinski definition) is 1. The van der Waals surface area contributed by atoms with Gasteiger partial charge in [0.15, 0.2) is 11.3 Å². The normalized spacial score (nSPS) is 11.6. The molecular formula is C16H9ClN2O5. The zero-order chi connectivity index (χ0) is 17.3. The lowest BCUT2D eigenvalue weighted by atomic mass is 10.1. The molecule has 7 nitrogen and oxygen atoms in total. The molecule has 1 heterocycles. The lowest BCUT2D eigenvalue weighted by Crippen LogP contribution is -2.06. The third-order valence-electron chi connectivity index (χ3n) is 3.20. The van der Waals surface area contributed by atoms with Crippen LogP contribution in [0.4, 0.5) is 5.69 Å². The van der Waals surface area contributed by atoms with Crippen LogP contribution in [-0.4, -0.2) is 15.0 Å². The van der Waals surface area contributed by atoms with E-state index in [0.29, 0.717) is 10.5 Å². The third-order valence-corrected chi connectivity index (χ3v) is 3.43. The summed E-state index contributed by atoms with van der Waals surface area (Å²) in [7, 11) is 0. The van der Waals surface area contributed by atoms with Crippen LogP contribution in [0.2, 0.25) is 5.02 Å². The Labute approximate surface area is 139 Å². The number of non-ortho nitro benzene ring substituents is 1. The van der Waals surface area contributed by atoms with Crippen molar-refractivity contribution in [2.24, 2.45) is 0 Å². The van der Waals surface area contributed by atoms with Crippen LogP contribution in [0.5, 0.6) is 0 Å². The maximum Gasteiger partial charge on any atom is 0.362 e. The maximum absolute atomic E-state index is 11.9. The SMILES string of the molecule is O=c1oc2ccc(Cl)cc2nc1/C=C(\O)c1cccc([N+](=O)[O-])c1. The summed E-state index contributed by atoms with van der Waals surface area (Å²) < 4.78 is 5.11. The van der Waals surface area contributed by atoms with Crippen molar-refractivity contribution in [2.75, 3.05) is 0 Å². The van der Waals surface area contributed by atoms with Crippen molar-refractivity contribution >= 4 is 40.2 Å². The highest BCUT2D eigenvalue weighted by Gasteiger charge is 2.11. The second-order valence-corrected chi connectivity index (χ2v) is 5.27. The zero-order valence-electron chi connectivity index (χ0n) is 12.0. The number of aromatic nitrogens is 1.